The van der Waals surface area contributed by atoms with Crippen molar-refractivity contribution < 1.29 is 0 Å². The maximum atomic E-state index is 4.76. The predicted octanol–water partition coefficient (Wildman–Crippen LogP) is 4.32. The molecule has 3 nitrogen and oxygen atoms in total. The lowest BCUT2D eigenvalue weighted by molar-refractivity contribution is 0.560. The molecule has 2 aromatic rings. The van der Waals surface area contributed by atoms with Gasteiger partial charge in [0.15, 0.2) is 10.5 Å². The largest absolute Gasteiger partial charge is 0.309 e. The van der Waals surface area contributed by atoms with E-state index < -0.39 is 0 Å². The molecule has 0 unspecified atom stereocenters. The van der Waals surface area contributed by atoms with Gasteiger partial charge in [0.25, 0.3) is 0 Å². The van der Waals surface area contributed by atoms with Crippen LogP contribution in [0.1, 0.15) is 70.3 Å². The normalized spacial score (nSPS) is 12.5. The van der Waals surface area contributed by atoms with E-state index in [0.717, 1.165) is 16.3 Å². The quantitative estimate of drug-likeness (QED) is 0.813. The van der Waals surface area contributed by atoms with Crippen molar-refractivity contribution in [2.45, 2.75) is 59.4 Å². The van der Waals surface area contributed by atoms with E-state index >= 15 is 0 Å². The molecular formula is C13H21N3S. The van der Waals surface area contributed by atoms with Crippen LogP contribution in [0, 0.1) is 0 Å². The molecule has 0 aromatic carbocycles. The molecule has 4 heteroatoms. The summed E-state index contributed by atoms with van der Waals surface area (Å²) in [6.07, 6.45) is 0. The molecule has 0 aliphatic rings. The van der Waals surface area contributed by atoms with Gasteiger partial charge in [-0.1, -0.05) is 39.0 Å². The van der Waals surface area contributed by atoms with Crippen molar-refractivity contribution in [3.8, 4) is 0 Å². The molecule has 0 N–H and O–H groups in total. The molecular weight excluding hydrogens is 230 g/mol. The standard InChI is InChI=1S/C13H21N3S/c1-7(2)10-14-13-11(16(10)9(5)6)15-12(17-13)8(3)4/h7-9H,1-6H3. The number of rotatable bonds is 3. The van der Waals surface area contributed by atoms with Crippen LogP contribution >= 0.6 is 11.3 Å². The molecule has 17 heavy (non-hydrogen) atoms. The Morgan fingerprint density at radius 2 is 1.59 bits per heavy atom. The summed E-state index contributed by atoms with van der Waals surface area (Å²) in [5.74, 6) is 2.09. The van der Waals surface area contributed by atoms with Gasteiger partial charge in [-0.05, 0) is 13.8 Å². The second-order valence-corrected chi connectivity index (χ2v) is 6.43. The minimum absolute atomic E-state index is 0.416. The lowest BCUT2D eigenvalue weighted by Gasteiger charge is -2.14. The topological polar surface area (TPSA) is 30.7 Å². The molecule has 0 fully saturated rings. The van der Waals surface area contributed by atoms with Gasteiger partial charge in [0, 0.05) is 17.9 Å². The van der Waals surface area contributed by atoms with Gasteiger partial charge in [-0.3, -0.25) is 0 Å². The third-order valence-corrected chi connectivity index (χ3v) is 4.07. The molecule has 0 radical (unpaired) electrons. The lowest BCUT2D eigenvalue weighted by atomic mass is 10.2. The summed E-state index contributed by atoms with van der Waals surface area (Å²) in [5.41, 5.74) is 1.07. The molecule has 0 spiro atoms. The molecule has 0 saturated heterocycles. The first-order valence-corrected chi connectivity index (χ1v) is 7.12. The zero-order chi connectivity index (χ0) is 12.7. The zero-order valence-electron chi connectivity index (χ0n) is 11.5. The molecule has 0 saturated carbocycles. The van der Waals surface area contributed by atoms with Gasteiger partial charge in [-0.25, -0.2) is 9.97 Å². The zero-order valence-corrected chi connectivity index (χ0v) is 12.3. The van der Waals surface area contributed by atoms with Crippen molar-refractivity contribution in [2.24, 2.45) is 0 Å². The number of hydrogen-bond donors (Lipinski definition) is 0. The molecule has 0 bridgehead atoms. The molecule has 2 heterocycles. The number of thiazole rings is 1. The number of hydrogen-bond acceptors (Lipinski definition) is 3. The smallest absolute Gasteiger partial charge is 0.171 e. The van der Waals surface area contributed by atoms with Crippen molar-refractivity contribution in [1.82, 2.24) is 14.5 Å². The van der Waals surface area contributed by atoms with Crippen molar-refractivity contribution in [3.63, 3.8) is 0 Å². The van der Waals surface area contributed by atoms with E-state index in [1.54, 1.807) is 11.3 Å². The second kappa shape index (κ2) is 4.41. The predicted molar refractivity (Wildman–Crippen MR) is 74.0 cm³/mol. The average Bonchev–Trinajstić information content (AvgIpc) is 2.71. The number of aromatic nitrogens is 3. The lowest BCUT2D eigenvalue weighted by Crippen LogP contribution is -2.08. The number of fused-ring (bicyclic) bond motifs is 1. The first-order chi connectivity index (χ1) is 7.91. The molecule has 94 valence electrons. The minimum Gasteiger partial charge on any atom is -0.309 e. The maximum absolute atomic E-state index is 4.76. The van der Waals surface area contributed by atoms with Gasteiger partial charge >= 0.3 is 0 Å². The summed E-state index contributed by atoms with van der Waals surface area (Å²) in [6.45, 7) is 13.1. The van der Waals surface area contributed by atoms with Crippen molar-refractivity contribution >= 4 is 21.8 Å². The average molecular weight is 251 g/mol. The van der Waals surface area contributed by atoms with Crippen molar-refractivity contribution in [1.29, 1.82) is 0 Å². The Kier molecular flexibility index (Phi) is 3.25. The summed E-state index contributed by atoms with van der Waals surface area (Å²) in [6, 6.07) is 0.416. The van der Waals surface area contributed by atoms with E-state index in [1.807, 2.05) is 0 Å². The molecule has 2 aromatic heterocycles. The third-order valence-electron chi connectivity index (χ3n) is 2.83. The van der Waals surface area contributed by atoms with Crippen LogP contribution in [0.2, 0.25) is 0 Å². The summed E-state index contributed by atoms with van der Waals surface area (Å²) < 4.78 is 2.28. The third kappa shape index (κ3) is 2.10. The molecule has 0 aliphatic carbocycles. The van der Waals surface area contributed by atoms with Gasteiger partial charge in [-0.15, -0.1) is 0 Å². The SMILES string of the molecule is CC(C)c1nc2c(nc(C(C)C)n2C(C)C)s1. The minimum atomic E-state index is 0.416. The van der Waals surface area contributed by atoms with E-state index in [-0.39, 0.29) is 0 Å². The first-order valence-electron chi connectivity index (χ1n) is 6.30. The first kappa shape index (κ1) is 12.6. The Labute approximate surface area is 107 Å². The van der Waals surface area contributed by atoms with Gasteiger partial charge in [0.05, 0.1) is 5.01 Å². The fraction of sp³-hybridized carbons (Fsp3) is 0.692. The highest BCUT2D eigenvalue weighted by Crippen LogP contribution is 2.31. The van der Waals surface area contributed by atoms with Gasteiger partial charge in [-0.2, -0.15) is 0 Å². The van der Waals surface area contributed by atoms with E-state index in [0.29, 0.717) is 17.9 Å². The van der Waals surface area contributed by atoms with Gasteiger partial charge in [0.2, 0.25) is 0 Å². The van der Waals surface area contributed by atoms with Crippen LogP contribution in [-0.4, -0.2) is 14.5 Å². The molecule has 0 atom stereocenters. The van der Waals surface area contributed by atoms with E-state index in [4.69, 9.17) is 9.97 Å². The Hall–Kier alpha value is -0.900. The van der Waals surface area contributed by atoms with Crippen molar-refractivity contribution in [3.05, 3.63) is 10.8 Å². The van der Waals surface area contributed by atoms with Crippen LogP contribution in [0.5, 0.6) is 0 Å². The Balaban J connectivity index is 2.64. The molecule has 2 rings (SSSR count). The van der Waals surface area contributed by atoms with E-state index in [1.165, 1.54) is 5.01 Å². The Morgan fingerprint density at radius 3 is 2.06 bits per heavy atom. The summed E-state index contributed by atoms with van der Waals surface area (Å²) in [4.78, 5) is 10.6. The Bertz CT molecular complexity index is 520. The highest BCUT2D eigenvalue weighted by Gasteiger charge is 2.20. The summed E-state index contributed by atoms with van der Waals surface area (Å²) >= 11 is 1.73. The van der Waals surface area contributed by atoms with Crippen LogP contribution in [0.25, 0.3) is 10.5 Å². The van der Waals surface area contributed by atoms with Crippen LogP contribution in [0.15, 0.2) is 0 Å². The number of nitrogens with zero attached hydrogens (tertiary/aromatic N) is 3. The molecule has 0 amide bonds. The van der Waals surface area contributed by atoms with E-state index in [9.17, 15) is 0 Å². The molecule has 0 aliphatic heterocycles. The highest BCUT2D eigenvalue weighted by atomic mass is 32.1. The Morgan fingerprint density at radius 1 is 0.941 bits per heavy atom. The van der Waals surface area contributed by atoms with Crippen LogP contribution < -0.4 is 0 Å². The van der Waals surface area contributed by atoms with Crippen LogP contribution in [-0.2, 0) is 0 Å². The second-order valence-electron chi connectivity index (χ2n) is 5.42. The summed E-state index contributed by atoms with van der Waals surface area (Å²) in [7, 11) is 0. The van der Waals surface area contributed by atoms with Gasteiger partial charge < -0.3 is 4.57 Å². The van der Waals surface area contributed by atoms with E-state index in [2.05, 4.69) is 46.1 Å². The van der Waals surface area contributed by atoms with Gasteiger partial charge in [0.1, 0.15) is 5.82 Å². The number of imidazole rings is 1. The van der Waals surface area contributed by atoms with Crippen molar-refractivity contribution in [2.75, 3.05) is 0 Å². The fourth-order valence-electron chi connectivity index (χ4n) is 1.98. The summed E-state index contributed by atoms with van der Waals surface area (Å²) in [5, 5.41) is 1.19. The van der Waals surface area contributed by atoms with Crippen LogP contribution in [0.3, 0.4) is 0 Å². The highest BCUT2D eigenvalue weighted by molar-refractivity contribution is 7.18. The van der Waals surface area contributed by atoms with Crippen LogP contribution in [0.4, 0.5) is 0 Å². The maximum Gasteiger partial charge on any atom is 0.171 e. The monoisotopic (exact) mass is 251 g/mol. The fourth-order valence-corrected chi connectivity index (χ4v) is 2.92.